The summed E-state index contributed by atoms with van der Waals surface area (Å²) in [6, 6.07) is 8.38. The second-order valence-electron chi connectivity index (χ2n) is 9.12. The molecule has 1 aliphatic rings. The van der Waals surface area contributed by atoms with Gasteiger partial charge >= 0.3 is 12.1 Å². The van der Waals surface area contributed by atoms with Crippen LogP contribution in [0.3, 0.4) is 0 Å². The Morgan fingerprint density at radius 2 is 1.85 bits per heavy atom. The summed E-state index contributed by atoms with van der Waals surface area (Å²) < 4.78 is 21.3. The lowest BCUT2D eigenvalue weighted by Crippen LogP contribution is -2.31. The van der Waals surface area contributed by atoms with Crippen molar-refractivity contribution >= 4 is 23.5 Å². The molecule has 0 bridgehead atoms. The molecule has 210 valence electrons. The standard InChI is InChI=1S/C26H33N5O8/c1-16-23(38-20-7-5-4-6-17(14-20)25(32)36-3)13-12-21(29-16)24(27)22(30(2)28)15-37-26(33)39-19-10-8-18(9-11-19)31(34)35/h8-13,17,20H,4-7,14-15,27-28H2,1-3H3/b24-22-. The molecule has 2 unspecified atom stereocenters. The lowest BCUT2D eigenvalue weighted by molar-refractivity contribution is -0.384. The molecule has 13 heteroatoms. The molecule has 0 aliphatic heterocycles. The summed E-state index contributed by atoms with van der Waals surface area (Å²) >= 11 is 0. The van der Waals surface area contributed by atoms with Gasteiger partial charge in [-0.25, -0.2) is 15.6 Å². The average Bonchev–Trinajstić information content (AvgIpc) is 3.15. The highest BCUT2D eigenvalue weighted by atomic mass is 16.7. The van der Waals surface area contributed by atoms with Crippen molar-refractivity contribution in [2.24, 2.45) is 17.5 Å². The zero-order valence-corrected chi connectivity index (χ0v) is 22.1. The number of carbonyl (C=O) groups is 2. The fourth-order valence-electron chi connectivity index (χ4n) is 4.21. The van der Waals surface area contributed by atoms with Crippen LogP contribution in [0.25, 0.3) is 5.70 Å². The van der Waals surface area contributed by atoms with Crippen LogP contribution in [0.15, 0.2) is 42.1 Å². The van der Waals surface area contributed by atoms with Crippen LogP contribution in [0.5, 0.6) is 11.5 Å². The van der Waals surface area contributed by atoms with Gasteiger partial charge in [-0.05, 0) is 56.9 Å². The van der Waals surface area contributed by atoms with Crippen LogP contribution in [0, 0.1) is 23.0 Å². The van der Waals surface area contributed by atoms with E-state index in [2.05, 4.69) is 4.98 Å². The SMILES string of the molecule is COC(=O)C1CCCCC(Oc2ccc(/C(N)=C(\COC(=O)Oc3ccc([N+](=O)[O-])cc3)N(C)N)nc2C)C1. The summed E-state index contributed by atoms with van der Waals surface area (Å²) in [6.45, 7) is 1.46. The maximum Gasteiger partial charge on any atom is 0.514 e. The number of ether oxygens (including phenoxy) is 4. The van der Waals surface area contributed by atoms with Gasteiger partial charge < -0.3 is 29.7 Å². The van der Waals surface area contributed by atoms with Crippen molar-refractivity contribution in [3.63, 3.8) is 0 Å². The van der Waals surface area contributed by atoms with Gasteiger partial charge in [0.2, 0.25) is 0 Å². The summed E-state index contributed by atoms with van der Waals surface area (Å²) in [5.74, 6) is 6.17. The predicted molar refractivity (Wildman–Crippen MR) is 140 cm³/mol. The number of methoxy groups -OCH3 is 1. The van der Waals surface area contributed by atoms with Crippen LogP contribution >= 0.6 is 0 Å². The first-order chi connectivity index (χ1) is 18.6. The number of hydrogen-bond acceptors (Lipinski definition) is 12. The summed E-state index contributed by atoms with van der Waals surface area (Å²) in [5.41, 5.74) is 7.61. The number of nitrogens with zero attached hydrogens (tertiary/aromatic N) is 3. The van der Waals surface area contributed by atoms with Crippen molar-refractivity contribution in [2.75, 3.05) is 20.8 Å². The molecule has 2 aromatic rings. The third-order valence-electron chi connectivity index (χ3n) is 6.33. The zero-order valence-electron chi connectivity index (χ0n) is 22.1. The Morgan fingerprint density at radius 3 is 2.46 bits per heavy atom. The van der Waals surface area contributed by atoms with Crippen molar-refractivity contribution in [3.05, 3.63) is 63.6 Å². The molecule has 1 aromatic carbocycles. The molecule has 0 spiro atoms. The van der Waals surface area contributed by atoms with Gasteiger partial charge in [0.1, 0.15) is 18.1 Å². The molecular weight excluding hydrogens is 510 g/mol. The molecule has 3 rings (SSSR count). The first-order valence-corrected chi connectivity index (χ1v) is 12.4. The lowest BCUT2D eigenvalue weighted by Gasteiger charge is -2.22. The van der Waals surface area contributed by atoms with E-state index >= 15 is 0 Å². The second kappa shape index (κ2) is 13.4. The van der Waals surface area contributed by atoms with Crippen LogP contribution in [-0.4, -0.2) is 53.9 Å². The van der Waals surface area contributed by atoms with Gasteiger partial charge in [-0.3, -0.25) is 14.9 Å². The molecule has 2 atom stereocenters. The van der Waals surface area contributed by atoms with E-state index in [9.17, 15) is 19.7 Å². The van der Waals surface area contributed by atoms with Crippen LogP contribution < -0.4 is 21.1 Å². The van der Waals surface area contributed by atoms with E-state index in [4.69, 9.17) is 30.5 Å². The van der Waals surface area contributed by atoms with Crippen LogP contribution in [0.2, 0.25) is 0 Å². The van der Waals surface area contributed by atoms with Crippen molar-refractivity contribution in [1.29, 1.82) is 0 Å². The van der Waals surface area contributed by atoms with E-state index in [1.807, 2.05) is 0 Å². The van der Waals surface area contributed by atoms with Gasteiger partial charge in [0.05, 0.1) is 46.8 Å². The minimum atomic E-state index is -1.04. The summed E-state index contributed by atoms with van der Waals surface area (Å²) in [5, 5.41) is 12.0. The summed E-state index contributed by atoms with van der Waals surface area (Å²) in [4.78, 5) is 38.9. The highest BCUT2D eigenvalue weighted by Gasteiger charge is 2.28. The number of nitro benzene ring substituents is 1. The van der Waals surface area contributed by atoms with Gasteiger partial charge in [-0.2, -0.15) is 0 Å². The highest BCUT2D eigenvalue weighted by Crippen LogP contribution is 2.29. The average molecular weight is 544 g/mol. The molecule has 1 heterocycles. The van der Waals surface area contributed by atoms with Crippen molar-refractivity contribution in [1.82, 2.24) is 9.99 Å². The van der Waals surface area contributed by atoms with E-state index in [-0.39, 0.29) is 47.4 Å². The number of hydrogen-bond donors (Lipinski definition) is 2. The Morgan fingerprint density at radius 1 is 1.15 bits per heavy atom. The molecule has 1 aromatic heterocycles. The number of likely N-dealkylation sites (N-methyl/N-ethyl adjacent to an activating group) is 1. The zero-order chi connectivity index (χ0) is 28.5. The normalized spacial score (nSPS) is 17.7. The Labute approximate surface area is 225 Å². The molecule has 0 saturated heterocycles. The third kappa shape index (κ3) is 8.04. The van der Waals surface area contributed by atoms with Gasteiger partial charge in [-0.15, -0.1) is 0 Å². The second-order valence-corrected chi connectivity index (χ2v) is 9.12. The van der Waals surface area contributed by atoms with Gasteiger partial charge in [0.25, 0.3) is 5.69 Å². The van der Waals surface area contributed by atoms with Gasteiger partial charge in [0, 0.05) is 19.2 Å². The maximum absolute atomic E-state index is 12.2. The van der Waals surface area contributed by atoms with Gasteiger partial charge in [-0.1, -0.05) is 6.42 Å². The maximum atomic E-state index is 12.2. The molecular formula is C26H33N5O8. The van der Waals surface area contributed by atoms with Crippen molar-refractivity contribution in [2.45, 2.75) is 45.1 Å². The number of esters is 1. The van der Waals surface area contributed by atoms with Crippen molar-refractivity contribution < 1.29 is 33.5 Å². The molecule has 0 radical (unpaired) electrons. The smallest absolute Gasteiger partial charge is 0.489 e. The molecule has 4 N–H and O–H groups in total. The Kier molecular flexibility index (Phi) is 10.0. The summed E-state index contributed by atoms with van der Waals surface area (Å²) in [7, 11) is 2.93. The number of carbonyl (C=O) groups excluding carboxylic acids is 2. The molecule has 1 fully saturated rings. The van der Waals surface area contributed by atoms with E-state index in [1.54, 1.807) is 19.1 Å². The number of benzene rings is 1. The monoisotopic (exact) mass is 543 g/mol. The first kappa shape index (κ1) is 29.2. The number of nitrogens with two attached hydrogens (primary N) is 2. The molecule has 1 aliphatic carbocycles. The number of aryl methyl sites for hydroxylation is 1. The lowest BCUT2D eigenvalue weighted by atomic mass is 9.99. The minimum absolute atomic E-state index is 0.0738. The van der Waals surface area contributed by atoms with Gasteiger partial charge in [0.15, 0.2) is 0 Å². The highest BCUT2D eigenvalue weighted by molar-refractivity contribution is 5.72. The van der Waals surface area contributed by atoms with Crippen LogP contribution in [0.1, 0.15) is 43.5 Å². The van der Waals surface area contributed by atoms with E-state index < -0.39 is 11.1 Å². The third-order valence-corrected chi connectivity index (χ3v) is 6.33. The van der Waals surface area contributed by atoms with E-state index in [0.717, 1.165) is 25.7 Å². The Bertz CT molecular complexity index is 1220. The number of hydrazine groups is 1. The molecule has 39 heavy (non-hydrogen) atoms. The molecule has 13 nitrogen and oxygen atoms in total. The number of aromatic nitrogens is 1. The van der Waals surface area contributed by atoms with Crippen LogP contribution in [0.4, 0.5) is 10.5 Å². The molecule has 1 saturated carbocycles. The fourth-order valence-corrected chi connectivity index (χ4v) is 4.21. The number of nitro groups is 1. The van der Waals surface area contributed by atoms with Crippen LogP contribution in [-0.2, 0) is 14.3 Å². The van der Waals surface area contributed by atoms with E-state index in [0.29, 0.717) is 23.6 Å². The minimum Gasteiger partial charge on any atom is -0.489 e. The Hall–Kier alpha value is -4.39. The molecule has 0 amide bonds. The topological polar surface area (TPSA) is 182 Å². The fraction of sp³-hybridized carbons (Fsp3) is 0.423. The number of rotatable bonds is 9. The number of pyridine rings is 1. The largest absolute Gasteiger partial charge is 0.514 e. The summed E-state index contributed by atoms with van der Waals surface area (Å²) in [6.07, 6.45) is 2.89. The van der Waals surface area contributed by atoms with Crippen molar-refractivity contribution in [3.8, 4) is 11.5 Å². The van der Waals surface area contributed by atoms with E-state index in [1.165, 1.54) is 43.4 Å². The first-order valence-electron chi connectivity index (χ1n) is 12.4. The quantitative estimate of drug-likeness (QED) is 0.117. The predicted octanol–water partition coefficient (Wildman–Crippen LogP) is 3.45. The Balaban J connectivity index is 1.67. The number of non-ortho nitro benzene ring substituents is 1.